The quantitative estimate of drug-likeness (QED) is 0.514. The minimum absolute atomic E-state index is 0.318. The van der Waals surface area contributed by atoms with E-state index >= 15 is 0 Å². The van der Waals surface area contributed by atoms with Gasteiger partial charge in [0.25, 0.3) is 5.91 Å². The molecule has 2 aromatic heterocycles. The molecule has 5 N–H and O–H groups in total. The second-order valence-electron chi connectivity index (χ2n) is 3.96. The van der Waals surface area contributed by atoms with E-state index < -0.39 is 5.91 Å². The largest absolute Gasteiger partial charge is 0.366 e. The van der Waals surface area contributed by atoms with Crippen molar-refractivity contribution in [3.8, 4) is 5.82 Å². The fourth-order valence-electron chi connectivity index (χ4n) is 1.59. The molecule has 0 aromatic carbocycles. The summed E-state index contributed by atoms with van der Waals surface area (Å²) in [4.78, 5) is 19.6. The molecule has 0 atom stereocenters. The summed E-state index contributed by atoms with van der Waals surface area (Å²) >= 11 is 0. The van der Waals surface area contributed by atoms with E-state index in [1.165, 1.54) is 17.1 Å². The van der Waals surface area contributed by atoms with Crippen LogP contribution < -0.4 is 17.0 Å². The van der Waals surface area contributed by atoms with Gasteiger partial charge in [-0.3, -0.25) is 4.79 Å². The molecule has 0 saturated heterocycles. The van der Waals surface area contributed by atoms with Crippen molar-refractivity contribution in [2.24, 2.45) is 11.6 Å². The number of hydrogen-bond acceptors (Lipinski definition) is 6. The lowest BCUT2D eigenvalue weighted by Crippen LogP contribution is -2.13. The molecule has 0 spiro atoms. The van der Waals surface area contributed by atoms with Gasteiger partial charge in [-0.05, 0) is 6.42 Å². The number of carbonyl (C=O) groups excluding carboxylic acids is 1. The van der Waals surface area contributed by atoms with Crippen LogP contribution in [0.5, 0.6) is 0 Å². The van der Waals surface area contributed by atoms with Crippen LogP contribution in [-0.4, -0.2) is 25.7 Å². The van der Waals surface area contributed by atoms with Gasteiger partial charge in [-0.2, -0.15) is 5.10 Å². The van der Waals surface area contributed by atoms with Crippen LogP contribution in [0.2, 0.25) is 0 Å². The van der Waals surface area contributed by atoms with Crippen LogP contribution in [0.3, 0.4) is 0 Å². The van der Waals surface area contributed by atoms with Gasteiger partial charge in [-0.25, -0.2) is 20.5 Å². The average molecular weight is 261 g/mol. The summed E-state index contributed by atoms with van der Waals surface area (Å²) < 4.78 is 1.46. The van der Waals surface area contributed by atoms with E-state index in [0.717, 1.165) is 12.8 Å². The van der Waals surface area contributed by atoms with Crippen molar-refractivity contribution in [2.75, 3.05) is 5.43 Å². The first-order valence-electron chi connectivity index (χ1n) is 5.83. The standard InChI is InChI=1S/C11H15N7O/c1-2-3-8-15-9(17-13)4-10(16-8)18-6-7(5-14-18)11(12)19/h4-6H,2-3,13H2,1H3,(H2,12,19)(H,15,16,17). The number of primary amides is 1. The Morgan fingerprint density at radius 2 is 2.26 bits per heavy atom. The Morgan fingerprint density at radius 1 is 1.47 bits per heavy atom. The van der Waals surface area contributed by atoms with Crippen molar-refractivity contribution in [3.05, 3.63) is 29.8 Å². The first kappa shape index (κ1) is 13.0. The summed E-state index contributed by atoms with van der Waals surface area (Å²) in [6.07, 6.45) is 4.55. The molecule has 0 saturated carbocycles. The van der Waals surface area contributed by atoms with E-state index in [4.69, 9.17) is 11.6 Å². The first-order valence-corrected chi connectivity index (χ1v) is 5.83. The normalized spacial score (nSPS) is 10.4. The fourth-order valence-corrected chi connectivity index (χ4v) is 1.59. The van der Waals surface area contributed by atoms with Crippen molar-refractivity contribution in [1.29, 1.82) is 0 Å². The number of aryl methyl sites for hydroxylation is 1. The maximum absolute atomic E-state index is 11.0. The smallest absolute Gasteiger partial charge is 0.251 e. The summed E-state index contributed by atoms with van der Waals surface area (Å²) in [7, 11) is 0. The lowest BCUT2D eigenvalue weighted by atomic mass is 10.3. The number of anilines is 1. The number of amides is 1. The van der Waals surface area contributed by atoms with Crippen LogP contribution in [-0.2, 0) is 6.42 Å². The molecule has 0 unspecified atom stereocenters. The molecule has 2 aromatic rings. The molecular weight excluding hydrogens is 246 g/mol. The average Bonchev–Trinajstić information content (AvgIpc) is 2.88. The van der Waals surface area contributed by atoms with E-state index in [1.807, 2.05) is 6.92 Å². The van der Waals surface area contributed by atoms with Crippen LogP contribution >= 0.6 is 0 Å². The lowest BCUT2D eigenvalue weighted by Gasteiger charge is -2.06. The van der Waals surface area contributed by atoms with Gasteiger partial charge in [0.15, 0.2) is 5.82 Å². The molecule has 8 nitrogen and oxygen atoms in total. The second-order valence-corrected chi connectivity index (χ2v) is 3.96. The zero-order valence-corrected chi connectivity index (χ0v) is 10.5. The van der Waals surface area contributed by atoms with Gasteiger partial charge >= 0.3 is 0 Å². The number of nitrogens with one attached hydrogen (secondary N) is 1. The van der Waals surface area contributed by atoms with Gasteiger partial charge < -0.3 is 11.2 Å². The van der Waals surface area contributed by atoms with E-state index in [1.54, 1.807) is 6.07 Å². The van der Waals surface area contributed by atoms with Crippen LogP contribution in [0.25, 0.3) is 5.82 Å². The second kappa shape index (κ2) is 5.44. The van der Waals surface area contributed by atoms with Gasteiger partial charge in [0.2, 0.25) is 0 Å². The Hall–Kier alpha value is -2.48. The van der Waals surface area contributed by atoms with Crippen molar-refractivity contribution in [3.63, 3.8) is 0 Å². The maximum atomic E-state index is 11.0. The zero-order valence-electron chi connectivity index (χ0n) is 10.5. The summed E-state index contributed by atoms with van der Waals surface area (Å²) in [5.41, 5.74) is 7.98. The van der Waals surface area contributed by atoms with Crippen molar-refractivity contribution < 1.29 is 4.79 Å². The number of carbonyl (C=O) groups is 1. The van der Waals surface area contributed by atoms with Crippen molar-refractivity contribution in [1.82, 2.24) is 19.7 Å². The summed E-state index contributed by atoms with van der Waals surface area (Å²) in [5.74, 6) is 6.51. The monoisotopic (exact) mass is 261 g/mol. The third-order valence-electron chi connectivity index (χ3n) is 2.48. The lowest BCUT2D eigenvalue weighted by molar-refractivity contribution is 0.100. The molecule has 0 fully saturated rings. The highest BCUT2D eigenvalue weighted by molar-refractivity contribution is 5.92. The van der Waals surface area contributed by atoms with Crippen LogP contribution in [0, 0.1) is 0 Å². The first-order chi connectivity index (χ1) is 9.13. The molecule has 2 heterocycles. The van der Waals surface area contributed by atoms with E-state index in [2.05, 4.69) is 20.5 Å². The minimum atomic E-state index is -0.536. The highest BCUT2D eigenvalue weighted by Gasteiger charge is 2.09. The minimum Gasteiger partial charge on any atom is -0.366 e. The van der Waals surface area contributed by atoms with Gasteiger partial charge in [0, 0.05) is 18.7 Å². The molecule has 0 aliphatic rings. The zero-order chi connectivity index (χ0) is 13.8. The highest BCUT2D eigenvalue weighted by atomic mass is 16.1. The molecular formula is C11H15N7O. The third kappa shape index (κ3) is 2.86. The molecule has 8 heteroatoms. The molecule has 0 radical (unpaired) electrons. The topological polar surface area (TPSA) is 125 Å². The Bertz CT molecular complexity index is 592. The number of nitrogens with zero attached hydrogens (tertiary/aromatic N) is 4. The van der Waals surface area contributed by atoms with Crippen molar-refractivity contribution >= 4 is 11.7 Å². The number of nitrogens with two attached hydrogens (primary N) is 2. The molecule has 100 valence electrons. The van der Waals surface area contributed by atoms with E-state index in [9.17, 15) is 4.79 Å². The molecule has 0 aliphatic heterocycles. The van der Waals surface area contributed by atoms with Gasteiger partial charge in [-0.15, -0.1) is 0 Å². The summed E-state index contributed by atoms with van der Waals surface area (Å²) in [5, 5.41) is 4.04. The molecule has 2 rings (SSSR count). The van der Waals surface area contributed by atoms with Crippen LogP contribution in [0.15, 0.2) is 18.5 Å². The molecule has 1 amide bonds. The number of hydrazine groups is 1. The Kier molecular flexibility index (Phi) is 3.71. The summed E-state index contributed by atoms with van der Waals surface area (Å²) in [6, 6.07) is 1.64. The molecule has 19 heavy (non-hydrogen) atoms. The van der Waals surface area contributed by atoms with Gasteiger partial charge in [0.1, 0.15) is 11.6 Å². The number of hydrogen-bond donors (Lipinski definition) is 3. The van der Waals surface area contributed by atoms with E-state index in [0.29, 0.717) is 23.0 Å². The Balaban J connectivity index is 2.41. The van der Waals surface area contributed by atoms with Gasteiger partial charge in [0.05, 0.1) is 11.8 Å². The Morgan fingerprint density at radius 3 is 2.84 bits per heavy atom. The SMILES string of the molecule is CCCc1nc(NN)cc(-n2cc(C(N)=O)cn2)n1. The maximum Gasteiger partial charge on any atom is 0.251 e. The number of rotatable bonds is 5. The summed E-state index contributed by atoms with van der Waals surface area (Å²) in [6.45, 7) is 2.03. The molecule has 0 aliphatic carbocycles. The highest BCUT2D eigenvalue weighted by Crippen LogP contribution is 2.11. The molecule has 0 bridgehead atoms. The van der Waals surface area contributed by atoms with Gasteiger partial charge in [-0.1, -0.05) is 6.92 Å². The van der Waals surface area contributed by atoms with Crippen LogP contribution in [0.4, 0.5) is 5.82 Å². The predicted molar refractivity (Wildman–Crippen MR) is 69.5 cm³/mol. The predicted octanol–water partition coefficient (Wildman–Crippen LogP) is -0.000700. The number of aromatic nitrogens is 4. The van der Waals surface area contributed by atoms with E-state index in [-0.39, 0.29) is 0 Å². The van der Waals surface area contributed by atoms with Crippen LogP contribution in [0.1, 0.15) is 29.5 Å². The van der Waals surface area contributed by atoms with Crippen molar-refractivity contribution in [2.45, 2.75) is 19.8 Å². The fraction of sp³-hybridized carbons (Fsp3) is 0.273. The third-order valence-corrected chi connectivity index (χ3v) is 2.48. The number of nitrogen functional groups attached to an aromatic ring is 1. The Labute approximate surface area is 109 Å².